The lowest BCUT2D eigenvalue weighted by Gasteiger charge is -2.26. The van der Waals surface area contributed by atoms with E-state index in [1.165, 1.54) is 11.1 Å². The van der Waals surface area contributed by atoms with Crippen molar-refractivity contribution in [3.05, 3.63) is 35.4 Å². The van der Waals surface area contributed by atoms with Crippen LogP contribution in [0.2, 0.25) is 0 Å². The molecular formula is C16H21NO2. The van der Waals surface area contributed by atoms with Gasteiger partial charge in [-0.25, -0.2) is 0 Å². The zero-order valence-corrected chi connectivity index (χ0v) is 11.4. The fraction of sp³-hybridized carbons (Fsp3) is 0.562. The van der Waals surface area contributed by atoms with Crippen LogP contribution in [0, 0.1) is 11.8 Å². The quantitative estimate of drug-likeness (QED) is 0.903. The molecule has 1 fully saturated rings. The lowest BCUT2D eigenvalue weighted by Crippen LogP contribution is -2.26. The van der Waals surface area contributed by atoms with E-state index in [2.05, 4.69) is 30.4 Å². The maximum atomic E-state index is 12.4. The highest BCUT2D eigenvalue weighted by atomic mass is 16.5. The predicted octanol–water partition coefficient (Wildman–Crippen LogP) is 2.12. The first-order valence-corrected chi connectivity index (χ1v) is 7.18. The van der Waals surface area contributed by atoms with E-state index in [1.54, 1.807) is 0 Å². The molecule has 2 aliphatic rings. The van der Waals surface area contributed by atoms with E-state index in [0.29, 0.717) is 18.1 Å². The molecule has 3 heteroatoms. The number of nitrogens with one attached hydrogen (secondary N) is 1. The van der Waals surface area contributed by atoms with E-state index in [-0.39, 0.29) is 12.0 Å². The number of rotatable bonds is 3. The molecule has 0 saturated carbocycles. The van der Waals surface area contributed by atoms with Crippen molar-refractivity contribution in [1.82, 2.24) is 5.32 Å². The Bertz CT molecular complexity index is 472. The maximum Gasteiger partial charge on any atom is 0.140 e. The largest absolute Gasteiger partial charge is 0.373 e. The number of carbonyl (C=O) groups excluding carboxylic acids is 1. The van der Waals surface area contributed by atoms with Gasteiger partial charge in [-0.2, -0.15) is 0 Å². The minimum Gasteiger partial charge on any atom is -0.373 e. The molecule has 0 amide bonds. The van der Waals surface area contributed by atoms with Crippen molar-refractivity contribution in [3.63, 3.8) is 0 Å². The maximum absolute atomic E-state index is 12.4. The standard InChI is InChI=1S/C16H21NO2/c1-11-9-17-10-14(11)15(18)8-16-13-5-3-2-4-12(13)6-7-19-16/h2-5,11,14,16-17H,6-10H2,1H3. The topological polar surface area (TPSA) is 38.3 Å². The first-order chi connectivity index (χ1) is 9.25. The molecule has 0 aromatic heterocycles. The van der Waals surface area contributed by atoms with E-state index in [0.717, 1.165) is 26.1 Å². The van der Waals surface area contributed by atoms with Crippen LogP contribution in [0.25, 0.3) is 0 Å². The number of Topliss-reactive ketones (excluding diaryl/α,β-unsaturated/α-hetero) is 1. The van der Waals surface area contributed by atoms with Gasteiger partial charge in [0.05, 0.1) is 12.7 Å². The molecule has 3 nitrogen and oxygen atoms in total. The minimum absolute atomic E-state index is 0.0368. The van der Waals surface area contributed by atoms with Gasteiger partial charge in [0.25, 0.3) is 0 Å². The number of hydrogen-bond donors (Lipinski definition) is 1. The van der Waals surface area contributed by atoms with Crippen molar-refractivity contribution < 1.29 is 9.53 Å². The number of benzene rings is 1. The van der Waals surface area contributed by atoms with Gasteiger partial charge in [0.1, 0.15) is 5.78 Å². The molecule has 19 heavy (non-hydrogen) atoms. The third-order valence-corrected chi connectivity index (χ3v) is 4.41. The highest BCUT2D eigenvalue weighted by Gasteiger charge is 2.32. The van der Waals surface area contributed by atoms with Crippen molar-refractivity contribution in [2.45, 2.75) is 25.9 Å². The first kappa shape index (κ1) is 12.8. The zero-order valence-electron chi connectivity index (χ0n) is 11.4. The third kappa shape index (κ3) is 2.58. The number of ether oxygens (including phenoxy) is 1. The van der Waals surface area contributed by atoms with Crippen LogP contribution in [0.5, 0.6) is 0 Å². The Labute approximate surface area is 114 Å². The molecule has 0 radical (unpaired) electrons. The molecular weight excluding hydrogens is 238 g/mol. The Kier molecular flexibility index (Phi) is 3.67. The van der Waals surface area contributed by atoms with Crippen LogP contribution in [-0.4, -0.2) is 25.5 Å². The van der Waals surface area contributed by atoms with Crippen LogP contribution in [0.4, 0.5) is 0 Å². The van der Waals surface area contributed by atoms with Crippen LogP contribution in [0.1, 0.15) is 30.6 Å². The van der Waals surface area contributed by atoms with Gasteiger partial charge in [0.15, 0.2) is 0 Å². The summed E-state index contributed by atoms with van der Waals surface area (Å²) >= 11 is 0. The Morgan fingerprint density at radius 2 is 2.21 bits per heavy atom. The van der Waals surface area contributed by atoms with Crippen molar-refractivity contribution in [2.75, 3.05) is 19.7 Å². The number of hydrogen-bond acceptors (Lipinski definition) is 3. The molecule has 0 spiro atoms. The Balaban J connectivity index is 1.72. The fourth-order valence-electron chi connectivity index (χ4n) is 3.22. The Morgan fingerprint density at radius 1 is 1.37 bits per heavy atom. The lowest BCUT2D eigenvalue weighted by molar-refractivity contribution is -0.126. The molecule has 1 aromatic carbocycles. The second-order valence-electron chi connectivity index (χ2n) is 5.72. The number of ketones is 1. The summed E-state index contributed by atoms with van der Waals surface area (Å²) in [5.74, 6) is 0.961. The van der Waals surface area contributed by atoms with Crippen LogP contribution >= 0.6 is 0 Å². The summed E-state index contributed by atoms with van der Waals surface area (Å²) in [6.07, 6.45) is 1.45. The molecule has 1 N–H and O–H groups in total. The second-order valence-corrected chi connectivity index (χ2v) is 5.72. The summed E-state index contributed by atoms with van der Waals surface area (Å²) in [4.78, 5) is 12.4. The van der Waals surface area contributed by atoms with Crippen LogP contribution in [-0.2, 0) is 16.0 Å². The van der Waals surface area contributed by atoms with Crippen LogP contribution < -0.4 is 5.32 Å². The normalized spacial score (nSPS) is 30.1. The molecule has 102 valence electrons. The highest BCUT2D eigenvalue weighted by molar-refractivity contribution is 5.82. The second kappa shape index (κ2) is 5.43. The smallest absolute Gasteiger partial charge is 0.140 e. The fourth-order valence-corrected chi connectivity index (χ4v) is 3.22. The molecule has 0 bridgehead atoms. The first-order valence-electron chi connectivity index (χ1n) is 7.18. The van der Waals surface area contributed by atoms with E-state index < -0.39 is 0 Å². The Morgan fingerprint density at radius 3 is 3.00 bits per heavy atom. The van der Waals surface area contributed by atoms with E-state index in [9.17, 15) is 4.79 Å². The zero-order chi connectivity index (χ0) is 13.2. The van der Waals surface area contributed by atoms with Gasteiger partial charge in [-0.3, -0.25) is 4.79 Å². The summed E-state index contributed by atoms with van der Waals surface area (Å²) in [5.41, 5.74) is 2.55. The molecule has 0 aliphatic carbocycles. The summed E-state index contributed by atoms with van der Waals surface area (Å²) in [7, 11) is 0. The van der Waals surface area contributed by atoms with Crippen LogP contribution in [0.3, 0.4) is 0 Å². The van der Waals surface area contributed by atoms with Crippen molar-refractivity contribution in [1.29, 1.82) is 0 Å². The van der Waals surface area contributed by atoms with E-state index in [1.807, 2.05) is 6.07 Å². The van der Waals surface area contributed by atoms with Gasteiger partial charge in [0, 0.05) is 18.9 Å². The van der Waals surface area contributed by atoms with Gasteiger partial charge in [-0.15, -0.1) is 0 Å². The molecule has 2 aliphatic heterocycles. The van der Waals surface area contributed by atoms with Crippen LogP contribution in [0.15, 0.2) is 24.3 Å². The summed E-state index contributed by atoms with van der Waals surface area (Å²) < 4.78 is 5.83. The molecule has 1 saturated heterocycles. The van der Waals surface area contributed by atoms with Gasteiger partial charge in [-0.1, -0.05) is 31.2 Å². The minimum atomic E-state index is -0.0368. The molecule has 1 aromatic rings. The lowest BCUT2D eigenvalue weighted by atomic mass is 9.87. The average molecular weight is 259 g/mol. The molecule has 3 unspecified atom stereocenters. The number of fused-ring (bicyclic) bond motifs is 1. The summed E-state index contributed by atoms with van der Waals surface area (Å²) in [5, 5.41) is 3.30. The van der Waals surface area contributed by atoms with Gasteiger partial charge >= 0.3 is 0 Å². The van der Waals surface area contributed by atoms with E-state index in [4.69, 9.17) is 4.74 Å². The highest BCUT2D eigenvalue weighted by Crippen LogP contribution is 2.31. The van der Waals surface area contributed by atoms with E-state index >= 15 is 0 Å². The van der Waals surface area contributed by atoms with Gasteiger partial charge in [-0.05, 0) is 30.0 Å². The monoisotopic (exact) mass is 259 g/mol. The van der Waals surface area contributed by atoms with Gasteiger partial charge < -0.3 is 10.1 Å². The summed E-state index contributed by atoms with van der Waals surface area (Å²) in [6.45, 7) is 4.67. The van der Waals surface area contributed by atoms with Crippen molar-refractivity contribution in [2.24, 2.45) is 11.8 Å². The summed E-state index contributed by atoms with van der Waals surface area (Å²) in [6, 6.07) is 8.34. The SMILES string of the molecule is CC1CNCC1C(=O)CC1OCCc2ccccc21. The molecule has 2 heterocycles. The van der Waals surface area contributed by atoms with Crippen molar-refractivity contribution >= 4 is 5.78 Å². The third-order valence-electron chi connectivity index (χ3n) is 4.41. The molecule has 3 rings (SSSR count). The predicted molar refractivity (Wildman–Crippen MR) is 74.0 cm³/mol. The average Bonchev–Trinajstić information content (AvgIpc) is 2.85. The van der Waals surface area contributed by atoms with Crippen molar-refractivity contribution in [3.8, 4) is 0 Å². The Hall–Kier alpha value is -1.19. The number of carbonyl (C=O) groups is 1. The molecule has 3 atom stereocenters. The van der Waals surface area contributed by atoms with Gasteiger partial charge in [0.2, 0.25) is 0 Å².